The van der Waals surface area contributed by atoms with Crippen LogP contribution in [-0.2, 0) is 0 Å². The van der Waals surface area contributed by atoms with Gasteiger partial charge in [0, 0.05) is 12.2 Å². The lowest BCUT2D eigenvalue weighted by molar-refractivity contribution is 0.359. The van der Waals surface area contributed by atoms with Crippen LogP contribution in [0.15, 0.2) is 12.3 Å². The van der Waals surface area contributed by atoms with Gasteiger partial charge in [0.05, 0.1) is 5.52 Å². The highest BCUT2D eigenvalue weighted by atomic mass is 32.1. The number of aromatic amines is 1. The predicted molar refractivity (Wildman–Crippen MR) is 77.5 cm³/mol. The Kier molecular flexibility index (Phi) is 3.82. The van der Waals surface area contributed by atoms with Crippen molar-refractivity contribution >= 4 is 23.4 Å². The predicted octanol–water partition coefficient (Wildman–Crippen LogP) is 2.92. The van der Waals surface area contributed by atoms with Crippen molar-refractivity contribution in [3.8, 4) is 0 Å². The van der Waals surface area contributed by atoms with Crippen LogP contribution in [0.4, 0.5) is 0 Å². The largest absolute Gasteiger partial charge is 0.329 e. The van der Waals surface area contributed by atoms with Gasteiger partial charge in [-0.25, -0.2) is 4.98 Å². The number of aryl methyl sites for hydroxylation is 1. The molecule has 2 aromatic heterocycles. The SMILES string of the molecule is Cc1ccnc2c1[nH]c(=S)n2C(C)CCN(C)C. The standard InChI is InChI=1S/C13H20N4S/c1-9-5-7-14-12-11(9)15-13(18)17(12)10(2)6-8-16(3)4/h5,7,10H,6,8H2,1-4H3,(H,15,18). The Hall–Kier alpha value is -1.20. The molecule has 0 aliphatic carbocycles. The number of hydrogen-bond acceptors (Lipinski definition) is 3. The topological polar surface area (TPSA) is 36.9 Å². The van der Waals surface area contributed by atoms with E-state index in [0.29, 0.717) is 6.04 Å². The lowest BCUT2D eigenvalue weighted by Crippen LogP contribution is -2.17. The third-order valence-electron chi connectivity index (χ3n) is 3.25. The Morgan fingerprint density at radius 3 is 2.89 bits per heavy atom. The van der Waals surface area contributed by atoms with Crippen LogP contribution in [0, 0.1) is 11.7 Å². The fourth-order valence-electron chi connectivity index (χ4n) is 2.13. The molecule has 2 rings (SSSR count). The minimum Gasteiger partial charge on any atom is -0.329 e. The number of imidazole rings is 1. The number of rotatable bonds is 4. The Balaban J connectivity index is 2.41. The van der Waals surface area contributed by atoms with Crippen LogP contribution in [0.25, 0.3) is 11.2 Å². The van der Waals surface area contributed by atoms with E-state index in [1.165, 1.54) is 5.56 Å². The van der Waals surface area contributed by atoms with E-state index < -0.39 is 0 Å². The molecule has 1 atom stereocenters. The van der Waals surface area contributed by atoms with Crippen LogP contribution in [0.1, 0.15) is 24.9 Å². The molecule has 2 aromatic rings. The van der Waals surface area contributed by atoms with Crippen molar-refractivity contribution in [1.29, 1.82) is 0 Å². The molecule has 0 saturated heterocycles. The molecule has 0 aromatic carbocycles. The first-order valence-corrected chi connectivity index (χ1v) is 6.62. The maximum atomic E-state index is 5.42. The molecule has 0 radical (unpaired) electrons. The van der Waals surface area contributed by atoms with Crippen LogP contribution in [0.3, 0.4) is 0 Å². The van der Waals surface area contributed by atoms with Gasteiger partial charge in [-0.15, -0.1) is 0 Å². The molecule has 18 heavy (non-hydrogen) atoms. The van der Waals surface area contributed by atoms with Gasteiger partial charge in [0.25, 0.3) is 0 Å². The maximum Gasteiger partial charge on any atom is 0.179 e. The van der Waals surface area contributed by atoms with Gasteiger partial charge in [0.2, 0.25) is 0 Å². The third-order valence-corrected chi connectivity index (χ3v) is 3.55. The van der Waals surface area contributed by atoms with E-state index in [9.17, 15) is 0 Å². The number of nitrogens with zero attached hydrogens (tertiary/aromatic N) is 3. The zero-order valence-electron chi connectivity index (χ0n) is 11.4. The summed E-state index contributed by atoms with van der Waals surface area (Å²) in [5.41, 5.74) is 3.20. The first kappa shape index (κ1) is 13.2. The van der Waals surface area contributed by atoms with Crippen molar-refractivity contribution < 1.29 is 0 Å². The molecule has 0 saturated carbocycles. The normalized spacial score (nSPS) is 13.4. The van der Waals surface area contributed by atoms with Gasteiger partial charge in [-0.1, -0.05) is 0 Å². The Morgan fingerprint density at radius 1 is 1.50 bits per heavy atom. The van der Waals surface area contributed by atoms with E-state index in [1.54, 1.807) is 0 Å². The second kappa shape index (κ2) is 5.20. The van der Waals surface area contributed by atoms with Gasteiger partial charge in [0.15, 0.2) is 10.4 Å². The number of H-pyrrole nitrogens is 1. The van der Waals surface area contributed by atoms with Gasteiger partial charge in [-0.05, 0) is 64.8 Å². The quantitative estimate of drug-likeness (QED) is 0.863. The Bertz CT molecular complexity index is 597. The molecule has 0 spiro atoms. The number of aromatic nitrogens is 3. The highest BCUT2D eigenvalue weighted by Crippen LogP contribution is 2.21. The second-order valence-corrected chi connectivity index (χ2v) is 5.45. The molecule has 4 nitrogen and oxygen atoms in total. The smallest absolute Gasteiger partial charge is 0.179 e. The van der Waals surface area contributed by atoms with Crippen molar-refractivity contribution in [2.75, 3.05) is 20.6 Å². The van der Waals surface area contributed by atoms with Crippen molar-refractivity contribution in [2.24, 2.45) is 0 Å². The molecule has 0 amide bonds. The summed E-state index contributed by atoms with van der Waals surface area (Å²) in [5.74, 6) is 0. The molecular formula is C13H20N4S. The Labute approximate surface area is 113 Å². The average Bonchev–Trinajstić information content (AvgIpc) is 2.64. The second-order valence-electron chi connectivity index (χ2n) is 5.07. The summed E-state index contributed by atoms with van der Waals surface area (Å²) in [5, 5.41) is 0. The molecule has 0 aliphatic rings. The van der Waals surface area contributed by atoms with Crippen molar-refractivity contribution in [3.63, 3.8) is 0 Å². The lowest BCUT2D eigenvalue weighted by atomic mass is 10.2. The van der Waals surface area contributed by atoms with Crippen LogP contribution in [0.5, 0.6) is 0 Å². The summed E-state index contributed by atoms with van der Waals surface area (Å²) in [6.45, 7) is 5.31. The van der Waals surface area contributed by atoms with Gasteiger partial charge < -0.3 is 9.88 Å². The summed E-state index contributed by atoms with van der Waals surface area (Å²) >= 11 is 5.42. The summed E-state index contributed by atoms with van der Waals surface area (Å²) in [6, 6.07) is 2.35. The summed E-state index contributed by atoms with van der Waals surface area (Å²) in [7, 11) is 4.17. The molecule has 1 N–H and O–H groups in total. The van der Waals surface area contributed by atoms with Crippen LogP contribution < -0.4 is 0 Å². The minimum atomic E-state index is 0.350. The highest BCUT2D eigenvalue weighted by Gasteiger charge is 2.13. The average molecular weight is 264 g/mol. The molecule has 2 heterocycles. The number of nitrogens with one attached hydrogen (secondary N) is 1. The zero-order chi connectivity index (χ0) is 13.3. The molecule has 1 unspecified atom stereocenters. The maximum absolute atomic E-state index is 5.42. The van der Waals surface area contributed by atoms with E-state index in [1.807, 2.05) is 12.3 Å². The van der Waals surface area contributed by atoms with Gasteiger partial charge in [0.1, 0.15) is 0 Å². The van der Waals surface area contributed by atoms with Crippen LogP contribution >= 0.6 is 12.2 Å². The zero-order valence-corrected chi connectivity index (χ0v) is 12.2. The number of pyridine rings is 1. The minimum absolute atomic E-state index is 0.350. The van der Waals surface area contributed by atoms with Gasteiger partial charge in [-0.2, -0.15) is 0 Å². The van der Waals surface area contributed by atoms with E-state index in [-0.39, 0.29) is 0 Å². The number of fused-ring (bicyclic) bond motifs is 1. The molecule has 98 valence electrons. The van der Waals surface area contributed by atoms with E-state index in [0.717, 1.165) is 28.9 Å². The summed E-state index contributed by atoms with van der Waals surface area (Å²) in [4.78, 5) is 9.92. The van der Waals surface area contributed by atoms with E-state index in [4.69, 9.17) is 12.2 Å². The van der Waals surface area contributed by atoms with Crippen LogP contribution in [-0.4, -0.2) is 40.1 Å². The molecule has 0 bridgehead atoms. The molecule has 0 fully saturated rings. The van der Waals surface area contributed by atoms with Crippen LogP contribution in [0.2, 0.25) is 0 Å². The summed E-state index contributed by atoms with van der Waals surface area (Å²) < 4.78 is 2.89. The van der Waals surface area contributed by atoms with Gasteiger partial charge in [-0.3, -0.25) is 4.57 Å². The molecule has 0 aliphatic heterocycles. The molecule has 5 heteroatoms. The lowest BCUT2D eigenvalue weighted by Gasteiger charge is -2.17. The van der Waals surface area contributed by atoms with Crippen molar-refractivity contribution in [2.45, 2.75) is 26.3 Å². The van der Waals surface area contributed by atoms with E-state index >= 15 is 0 Å². The van der Waals surface area contributed by atoms with Crippen molar-refractivity contribution in [3.05, 3.63) is 22.6 Å². The Morgan fingerprint density at radius 2 is 2.22 bits per heavy atom. The van der Waals surface area contributed by atoms with Gasteiger partial charge >= 0.3 is 0 Å². The fraction of sp³-hybridized carbons (Fsp3) is 0.538. The first-order chi connectivity index (χ1) is 8.50. The van der Waals surface area contributed by atoms with Crippen molar-refractivity contribution in [1.82, 2.24) is 19.4 Å². The summed E-state index contributed by atoms with van der Waals surface area (Å²) in [6.07, 6.45) is 2.90. The number of hydrogen-bond donors (Lipinski definition) is 1. The van der Waals surface area contributed by atoms with E-state index in [2.05, 4.69) is 47.4 Å². The third kappa shape index (κ3) is 2.47. The molecular weight excluding hydrogens is 244 g/mol. The monoisotopic (exact) mass is 264 g/mol. The highest BCUT2D eigenvalue weighted by molar-refractivity contribution is 7.71. The first-order valence-electron chi connectivity index (χ1n) is 6.21. The fourth-order valence-corrected chi connectivity index (χ4v) is 2.50.